The highest BCUT2D eigenvalue weighted by Gasteiger charge is 2.24. The summed E-state index contributed by atoms with van der Waals surface area (Å²) in [5, 5.41) is 4.18. The van der Waals surface area contributed by atoms with E-state index in [1.807, 2.05) is 11.9 Å². The van der Waals surface area contributed by atoms with E-state index in [-0.39, 0.29) is 18.3 Å². The van der Waals surface area contributed by atoms with E-state index >= 15 is 0 Å². The number of rotatable bonds is 2. The maximum absolute atomic E-state index is 12.4. The molecule has 0 radical (unpaired) electrons. The zero-order valence-electron chi connectivity index (χ0n) is 10.7. The molecule has 1 aromatic rings. The van der Waals surface area contributed by atoms with E-state index in [9.17, 15) is 4.79 Å². The smallest absolute Gasteiger partial charge is 0.255 e. The molecule has 1 saturated heterocycles. The molecule has 1 amide bonds. The highest BCUT2D eigenvalue weighted by atomic mass is 35.5. The van der Waals surface area contributed by atoms with Crippen molar-refractivity contribution in [1.29, 1.82) is 0 Å². The number of likely N-dealkylation sites (N-methyl/N-ethyl adjacent to an activating group) is 1. The lowest BCUT2D eigenvalue weighted by molar-refractivity contribution is 0.0698. The second kappa shape index (κ2) is 7.34. The van der Waals surface area contributed by atoms with Gasteiger partial charge in [0, 0.05) is 24.2 Å². The Bertz CT molecular complexity index is 454. The predicted molar refractivity (Wildman–Crippen MR) is 81.7 cm³/mol. The van der Waals surface area contributed by atoms with Crippen LogP contribution in [-0.2, 0) is 0 Å². The van der Waals surface area contributed by atoms with Crippen LogP contribution in [0, 0.1) is 0 Å². The molecule has 6 heteroatoms. The third kappa shape index (κ3) is 3.99. The summed E-state index contributed by atoms with van der Waals surface area (Å²) in [6, 6.07) is 5.36. The summed E-state index contributed by atoms with van der Waals surface area (Å²) < 4.78 is 0. The molecule has 0 saturated carbocycles. The summed E-state index contributed by atoms with van der Waals surface area (Å²) in [7, 11) is 1.92. The quantitative estimate of drug-likeness (QED) is 0.906. The molecule has 1 aliphatic rings. The van der Waals surface area contributed by atoms with E-state index < -0.39 is 0 Å². The van der Waals surface area contributed by atoms with Crippen molar-refractivity contribution in [2.75, 3.05) is 20.1 Å². The highest BCUT2D eigenvalue weighted by Crippen LogP contribution is 2.23. The van der Waals surface area contributed by atoms with Gasteiger partial charge in [0.1, 0.15) is 0 Å². The van der Waals surface area contributed by atoms with Crippen LogP contribution in [0.2, 0.25) is 10.0 Å². The lowest BCUT2D eigenvalue weighted by atomic mass is 10.0. The minimum absolute atomic E-state index is 0. The number of amides is 1. The maximum atomic E-state index is 12.4. The molecule has 1 aromatic carbocycles. The summed E-state index contributed by atoms with van der Waals surface area (Å²) in [6.45, 7) is 1.52. The summed E-state index contributed by atoms with van der Waals surface area (Å²) in [6.07, 6.45) is 2.12. The first-order valence-corrected chi connectivity index (χ1v) is 6.79. The Balaban J connectivity index is 0.00000180. The summed E-state index contributed by atoms with van der Waals surface area (Å²) >= 11 is 11.9. The summed E-state index contributed by atoms with van der Waals surface area (Å²) in [5.41, 5.74) is 0.526. The first-order chi connectivity index (χ1) is 8.61. The molecule has 0 aromatic heterocycles. The van der Waals surface area contributed by atoms with Gasteiger partial charge >= 0.3 is 0 Å². The zero-order chi connectivity index (χ0) is 13.1. The van der Waals surface area contributed by atoms with Crippen LogP contribution in [0.3, 0.4) is 0 Å². The largest absolute Gasteiger partial charge is 0.337 e. The molecule has 0 spiro atoms. The van der Waals surface area contributed by atoms with Crippen LogP contribution in [0.15, 0.2) is 18.2 Å². The first-order valence-electron chi connectivity index (χ1n) is 6.03. The van der Waals surface area contributed by atoms with Gasteiger partial charge in [0.2, 0.25) is 0 Å². The van der Waals surface area contributed by atoms with Crippen molar-refractivity contribution in [3.63, 3.8) is 0 Å². The van der Waals surface area contributed by atoms with Crippen molar-refractivity contribution < 1.29 is 4.79 Å². The van der Waals surface area contributed by atoms with E-state index in [1.165, 1.54) is 0 Å². The molecule has 2 rings (SSSR count). The fourth-order valence-corrected chi connectivity index (χ4v) is 2.72. The van der Waals surface area contributed by atoms with Gasteiger partial charge in [0.15, 0.2) is 0 Å². The van der Waals surface area contributed by atoms with E-state index in [2.05, 4.69) is 5.32 Å². The second-order valence-electron chi connectivity index (χ2n) is 4.50. The third-order valence-corrected chi connectivity index (χ3v) is 3.83. The van der Waals surface area contributed by atoms with Gasteiger partial charge in [-0.25, -0.2) is 0 Å². The molecule has 0 aliphatic carbocycles. The molecule has 1 fully saturated rings. The molecule has 1 N–H and O–H groups in total. The lowest BCUT2D eigenvalue weighted by Crippen LogP contribution is -2.47. The van der Waals surface area contributed by atoms with Crippen molar-refractivity contribution in [1.82, 2.24) is 10.2 Å². The van der Waals surface area contributed by atoms with Gasteiger partial charge in [0.05, 0.1) is 10.6 Å². The minimum atomic E-state index is -0.0170. The molecular weight excluding hydrogens is 307 g/mol. The van der Waals surface area contributed by atoms with Crippen LogP contribution in [0.4, 0.5) is 0 Å². The monoisotopic (exact) mass is 322 g/mol. The number of halogens is 3. The van der Waals surface area contributed by atoms with E-state index in [4.69, 9.17) is 23.2 Å². The van der Waals surface area contributed by atoms with Crippen LogP contribution in [0.25, 0.3) is 0 Å². The Kier molecular flexibility index (Phi) is 6.40. The van der Waals surface area contributed by atoms with Gasteiger partial charge < -0.3 is 10.2 Å². The number of carbonyl (C=O) groups excluding carboxylic acids is 1. The zero-order valence-corrected chi connectivity index (χ0v) is 13.0. The van der Waals surface area contributed by atoms with Crippen LogP contribution < -0.4 is 5.32 Å². The average Bonchev–Trinajstić information content (AvgIpc) is 2.38. The maximum Gasteiger partial charge on any atom is 0.255 e. The fraction of sp³-hybridized carbons (Fsp3) is 0.462. The van der Waals surface area contributed by atoms with E-state index in [1.54, 1.807) is 18.2 Å². The number of hydrogen-bond donors (Lipinski definition) is 1. The van der Waals surface area contributed by atoms with Gasteiger partial charge in [-0.2, -0.15) is 0 Å². The number of likely N-dealkylation sites (tertiary alicyclic amines) is 1. The number of nitrogens with zero attached hydrogens (tertiary/aromatic N) is 1. The minimum Gasteiger partial charge on any atom is -0.337 e. The van der Waals surface area contributed by atoms with Crippen molar-refractivity contribution in [3.8, 4) is 0 Å². The van der Waals surface area contributed by atoms with Crippen LogP contribution in [0.1, 0.15) is 23.2 Å². The predicted octanol–water partition coefficient (Wildman–Crippen LogP) is 3.24. The molecule has 3 nitrogen and oxygen atoms in total. The Morgan fingerprint density at radius 2 is 2.16 bits per heavy atom. The summed E-state index contributed by atoms with van der Waals surface area (Å²) in [4.78, 5) is 14.2. The molecule has 1 aliphatic heterocycles. The van der Waals surface area contributed by atoms with E-state index in [0.717, 1.165) is 25.9 Å². The Morgan fingerprint density at radius 3 is 2.79 bits per heavy atom. The van der Waals surface area contributed by atoms with Gasteiger partial charge in [-0.1, -0.05) is 23.2 Å². The molecule has 1 heterocycles. The highest BCUT2D eigenvalue weighted by molar-refractivity contribution is 6.36. The number of nitrogens with one attached hydrogen (secondary N) is 1. The van der Waals surface area contributed by atoms with Crippen LogP contribution >= 0.6 is 35.6 Å². The Labute approximate surface area is 129 Å². The van der Waals surface area contributed by atoms with Gasteiger partial charge in [-0.15, -0.1) is 12.4 Å². The number of benzene rings is 1. The fourth-order valence-electron chi connectivity index (χ4n) is 2.23. The molecule has 19 heavy (non-hydrogen) atoms. The summed E-state index contributed by atoms with van der Waals surface area (Å²) in [5.74, 6) is -0.0170. The second-order valence-corrected chi connectivity index (χ2v) is 5.35. The SMILES string of the molecule is CNC1CCCN(C(=O)c2ccc(Cl)cc2Cl)C1.Cl. The van der Waals surface area contributed by atoms with Gasteiger partial charge in [0.25, 0.3) is 5.91 Å². The number of hydrogen-bond acceptors (Lipinski definition) is 2. The van der Waals surface area contributed by atoms with Crippen molar-refractivity contribution >= 4 is 41.5 Å². The van der Waals surface area contributed by atoms with Crippen LogP contribution in [0.5, 0.6) is 0 Å². The topological polar surface area (TPSA) is 32.3 Å². The Morgan fingerprint density at radius 1 is 1.42 bits per heavy atom. The van der Waals surface area contributed by atoms with Crippen molar-refractivity contribution in [2.24, 2.45) is 0 Å². The molecule has 1 unspecified atom stereocenters. The van der Waals surface area contributed by atoms with Gasteiger partial charge in [-0.05, 0) is 38.1 Å². The molecule has 1 atom stereocenters. The first kappa shape index (κ1) is 16.6. The molecular formula is C13H17Cl3N2O. The van der Waals surface area contributed by atoms with Crippen LogP contribution in [-0.4, -0.2) is 37.0 Å². The normalized spacial score (nSPS) is 18.9. The number of carbonyl (C=O) groups is 1. The van der Waals surface area contributed by atoms with Gasteiger partial charge in [-0.3, -0.25) is 4.79 Å². The molecule has 106 valence electrons. The number of piperidine rings is 1. The molecule has 0 bridgehead atoms. The van der Waals surface area contributed by atoms with E-state index in [0.29, 0.717) is 21.7 Å². The standard InChI is InChI=1S/C13H16Cl2N2O.ClH/c1-16-10-3-2-6-17(8-10)13(18)11-5-4-9(14)7-12(11)15;/h4-5,7,10,16H,2-3,6,8H2,1H3;1H. The Hall–Kier alpha value is -0.480. The average molecular weight is 324 g/mol. The van der Waals surface area contributed by atoms with Crippen molar-refractivity contribution in [2.45, 2.75) is 18.9 Å². The third-order valence-electron chi connectivity index (χ3n) is 3.28. The lowest BCUT2D eigenvalue weighted by Gasteiger charge is -2.32. The van der Waals surface area contributed by atoms with Crippen molar-refractivity contribution in [3.05, 3.63) is 33.8 Å².